The SMILES string of the molecule is O=[N+]([O-])c1ccncc1OCc1ccc(Cl)cc1. The molecule has 0 amide bonds. The van der Waals surface area contributed by atoms with E-state index in [9.17, 15) is 10.1 Å². The molecule has 1 heterocycles. The lowest BCUT2D eigenvalue weighted by Gasteiger charge is -2.06. The van der Waals surface area contributed by atoms with Gasteiger partial charge < -0.3 is 4.74 Å². The molecule has 0 saturated heterocycles. The molecule has 0 fully saturated rings. The van der Waals surface area contributed by atoms with E-state index in [1.807, 2.05) is 0 Å². The maximum absolute atomic E-state index is 10.8. The molecule has 0 radical (unpaired) electrons. The molecule has 2 aromatic rings. The Kier molecular flexibility index (Phi) is 3.74. The predicted molar refractivity (Wildman–Crippen MR) is 66.7 cm³/mol. The number of rotatable bonds is 4. The fraction of sp³-hybridized carbons (Fsp3) is 0.0833. The number of benzene rings is 1. The van der Waals surface area contributed by atoms with Crippen LogP contribution in [0.3, 0.4) is 0 Å². The standard InChI is InChI=1S/C12H9ClN2O3/c13-10-3-1-9(2-4-10)8-18-12-7-14-6-5-11(12)15(16)17/h1-7H,8H2. The lowest BCUT2D eigenvalue weighted by molar-refractivity contribution is -0.386. The van der Waals surface area contributed by atoms with Gasteiger partial charge in [-0.2, -0.15) is 0 Å². The van der Waals surface area contributed by atoms with Crippen LogP contribution in [-0.4, -0.2) is 9.91 Å². The molecule has 2 rings (SSSR count). The molecule has 0 aliphatic rings. The van der Waals surface area contributed by atoms with E-state index in [0.29, 0.717) is 5.02 Å². The Morgan fingerprint density at radius 2 is 2.00 bits per heavy atom. The molecule has 0 spiro atoms. The van der Waals surface area contributed by atoms with Crippen molar-refractivity contribution < 1.29 is 9.66 Å². The second-order valence-corrected chi connectivity index (χ2v) is 3.95. The highest BCUT2D eigenvalue weighted by Gasteiger charge is 2.14. The number of pyridine rings is 1. The first-order chi connectivity index (χ1) is 8.66. The second kappa shape index (κ2) is 5.46. The van der Waals surface area contributed by atoms with Gasteiger partial charge in [0.05, 0.1) is 11.1 Å². The molecule has 0 bridgehead atoms. The van der Waals surface area contributed by atoms with Crippen molar-refractivity contribution in [2.45, 2.75) is 6.61 Å². The Balaban J connectivity index is 2.10. The van der Waals surface area contributed by atoms with Crippen molar-refractivity contribution in [1.29, 1.82) is 0 Å². The lowest BCUT2D eigenvalue weighted by atomic mass is 10.2. The molecule has 0 N–H and O–H groups in total. The Bertz CT molecular complexity index is 558. The summed E-state index contributed by atoms with van der Waals surface area (Å²) in [7, 11) is 0. The normalized spacial score (nSPS) is 10.1. The number of aromatic nitrogens is 1. The van der Waals surface area contributed by atoms with Crippen LogP contribution in [0.2, 0.25) is 5.02 Å². The topological polar surface area (TPSA) is 65.3 Å². The summed E-state index contributed by atoms with van der Waals surface area (Å²) in [4.78, 5) is 14.1. The third-order valence-electron chi connectivity index (χ3n) is 2.27. The maximum Gasteiger partial charge on any atom is 0.314 e. The molecule has 0 aliphatic heterocycles. The van der Waals surface area contributed by atoms with E-state index in [0.717, 1.165) is 5.56 Å². The van der Waals surface area contributed by atoms with E-state index in [2.05, 4.69) is 4.98 Å². The zero-order valence-electron chi connectivity index (χ0n) is 9.25. The number of nitro groups is 1. The number of hydrogen-bond donors (Lipinski definition) is 0. The quantitative estimate of drug-likeness (QED) is 0.628. The molecule has 0 saturated carbocycles. The van der Waals surface area contributed by atoms with Crippen LogP contribution in [0, 0.1) is 10.1 Å². The number of hydrogen-bond acceptors (Lipinski definition) is 4. The monoisotopic (exact) mass is 264 g/mol. The van der Waals surface area contributed by atoms with Gasteiger partial charge in [-0.15, -0.1) is 0 Å². The van der Waals surface area contributed by atoms with E-state index >= 15 is 0 Å². The molecular formula is C12H9ClN2O3. The first kappa shape index (κ1) is 12.3. The van der Waals surface area contributed by atoms with E-state index in [4.69, 9.17) is 16.3 Å². The Morgan fingerprint density at radius 1 is 1.28 bits per heavy atom. The molecule has 18 heavy (non-hydrogen) atoms. The summed E-state index contributed by atoms with van der Waals surface area (Å²) in [6.45, 7) is 0.226. The molecule has 6 heteroatoms. The van der Waals surface area contributed by atoms with Crippen LogP contribution in [0.15, 0.2) is 42.7 Å². The van der Waals surface area contributed by atoms with Gasteiger partial charge in [0.2, 0.25) is 5.75 Å². The number of halogens is 1. The van der Waals surface area contributed by atoms with Crippen molar-refractivity contribution in [3.63, 3.8) is 0 Å². The van der Waals surface area contributed by atoms with Gasteiger partial charge in [0.25, 0.3) is 0 Å². The summed E-state index contributed by atoms with van der Waals surface area (Å²) in [5, 5.41) is 11.4. The fourth-order valence-corrected chi connectivity index (χ4v) is 1.50. The summed E-state index contributed by atoms with van der Waals surface area (Å²) >= 11 is 5.76. The van der Waals surface area contributed by atoms with E-state index in [-0.39, 0.29) is 18.0 Å². The fourth-order valence-electron chi connectivity index (χ4n) is 1.38. The van der Waals surface area contributed by atoms with Crippen LogP contribution >= 0.6 is 11.6 Å². The molecule has 92 valence electrons. The Morgan fingerprint density at radius 3 is 2.67 bits per heavy atom. The maximum atomic E-state index is 10.8. The van der Waals surface area contributed by atoms with Crippen LogP contribution in [-0.2, 0) is 6.61 Å². The molecule has 1 aromatic carbocycles. The van der Waals surface area contributed by atoms with Gasteiger partial charge in [-0.1, -0.05) is 23.7 Å². The van der Waals surface area contributed by atoms with Crippen molar-refractivity contribution in [2.75, 3.05) is 0 Å². The molecule has 0 aliphatic carbocycles. The number of nitrogens with zero attached hydrogens (tertiary/aromatic N) is 2. The Labute approximate surface area is 108 Å². The first-order valence-corrected chi connectivity index (χ1v) is 5.50. The van der Waals surface area contributed by atoms with Crippen molar-refractivity contribution in [2.24, 2.45) is 0 Å². The van der Waals surface area contributed by atoms with E-state index in [1.165, 1.54) is 18.5 Å². The second-order valence-electron chi connectivity index (χ2n) is 3.52. The molecule has 0 unspecified atom stereocenters. The highest BCUT2D eigenvalue weighted by Crippen LogP contribution is 2.25. The van der Waals surface area contributed by atoms with Crippen LogP contribution < -0.4 is 4.74 Å². The minimum Gasteiger partial charge on any atom is -0.481 e. The van der Waals surface area contributed by atoms with Crippen molar-refractivity contribution in [3.05, 3.63) is 63.4 Å². The summed E-state index contributed by atoms with van der Waals surface area (Å²) in [5.74, 6) is 0.150. The van der Waals surface area contributed by atoms with E-state index < -0.39 is 4.92 Å². The predicted octanol–water partition coefficient (Wildman–Crippen LogP) is 3.22. The van der Waals surface area contributed by atoms with Crippen LogP contribution in [0.1, 0.15) is 5.56 Å². The highest BCUT2D eigenvalue weighted by atomic mass is 35.5. The zero-order valence-corrected chi connectivity index (χ0v) is 10.0. The van der Waals surface area contributed by atoms with E-state index in [1.54, 1.807) is 24.3 Å². The number of ether oxygens (including phenoxy) is 1. The van der Waals surface area contributed by atoms with Crippen molar-refractivity contribution >= 4 is 17.3 Å². The highest BCUT2D eigenvalue weighted by molar-refractivity contribution is 6.30. The molecular weight excluding hydrogens is 256 g/mol. The molecule has 0 atom stereocenters. The van der Waals surface area contributed by atoms with Gasteiger partial charge >= 0.3 is 5.69 Å². The molecule has 1 aromatic heterocycles. The van der Waals surface area contributed by atoms with Gasteiger partial charge in [0.15, 0.2) is 0 Å². The van der Waals surface area contributed by atoms with Gasteiger partial charge in [-0.05, 0) is 17.7 Å². The summed E-state index contributed by atoms with van der Waals surface area (Å²) < 4.78 is 5.38. The minimum atomic E-state index is -0.501. The van der Waals surface area contributed by atoms with Crippen molar-refractivity contribution in [1.82, 2.24) is 4.98 Å². The smallest absolute Gasteiger partial charge is 0.314 e. The summed E-state index contributed by atoms with van der Waals surface area (Å²) in [6.07, 6.45) is 2.68. The average molecular weight is 265 g/mol. The third-order valence-corrected chi connectivity index (χ3v) is 2.52. The van der Waals surface area contributed by atoms with Crippen LogP contribution in [0.5, 0.6) is 5.75 Å². The van der Waals surface area contributed by atoms with Crippen LogP contribution in [0.25, 0.3) is 0 Å². The first-order valence-electron chi connectivity index (χ1n) is 5.12. The van der Waals surface area contributed by atoms with Gasteiger partial charge in [-0.25, -0.2) is 0 Å². The zero-order chi connectivity index (χ0) is 13.0. The summed E-state index contributed by atoms with van der Waals surface area (Å²) in [6, 6.07) is 8.36. The molecule has 5 nitrogen and oxygen atoms in total. The van der Waals surface area contributed by atoms with Gasteiger partial charge in [0.1, 0.15) is 6.61 Å². The van der Waals surface area contributed by atoms with Crippen molar-refractivity contribution in [3.8, 4) is 5.75 Å². The lowest BCUT2D eigenvalue weighted by Crippen LogP contribution is -1.99. The van der Waals surface area contributed by atoms with Gasteiger partial charge in [-0.3, -0.25) is 15.1 Å². The minimum absolute atomic E-state index is 0.0982. The largest absolute Gasteiger partial charge is 0.481 e. The average Bonchev–Trinajstić information content (AvgIpc) is 2.38. The third kappa shape index (κ3) is 2.95. The summed E-state index contributed by atoms with van der Waals surface area (Å²) in [5.41, 5.74) is 0.775. The van der Waals surface area contributed by atoms with Crippen LogP contribution in [0.4, 0.5) is 5.69 Å². The van der Waals surface area contributed by atoms with Gasteiger partial charge in [0, 0.05) is 17.3 Å². The Hall–Kier alpha value is -2.14.